The van der Waals surface area contributed by atoms with Gasteiger partial charge in [0.1, 0.15) is 0 Å². The highest BCUT2D eigenvalue weighted by atomic mass is 79.9. The lowest BCUT2D eigenvalue weighted by Crippen LogP contribution is -2.13. The van der Waals surface area contributed by atoms with Crippen LogP contribution in [0, 0.1) is 25.5 Å². The van der Waals surface area contributed by atoms with Crippen molar-refractivity contribution in [2.24, 2.45) is 5.73 Å². The second kappa shape index (κ2) is 5.39. The topological polar surface area (TPSA) is 26.0 Å². The molecule has 0 amide bonds. The standard InChI is InChI=1S/C15H14BrF2N/c1-8-5-11(6-9(2)14(8)16)15(19)10-3-4-12(17)13(18)7-10/h3-7,15H,19H2,1-2H3. The molecule has 1 atom stereocenters. The molecule has 1 nitrogen and oxygen atoms in total. The van der Waals surface area contributed by atoms with E-state index < -0.39 is 17.7 Å². The fourth-order valence-electron chi connectivity index (χ4n) is 2.06. The maximum atomic E-state index is 13.2. The van der Waals surface area contributed by atoms with Gasteiger partial charge < -0.3 is 5.73 Å². The summed E-state index contributed by atoms with van der Waals surface area (Å²) < 4.78 is 27.2. The monoisotopic (exact) mass is 325 g/mol. The normalized spacial score (nSPS) is 12.5. The van der Waals surface area contributed by atoms with E-state index in [1.807, 2.05) is 26.0 Å². The summed E-state index contributed by atoms with van der Waals surface area (Å²) in [5.41, 5.74) is 9.68. The Morgan fingerprint density at radius 1 is 0.947 bits per heavy atom. The molecule has 2 aromatic carbocycles. The van der Waals surface area contributed by atoms with Crippen molar-refractivity contribution >= 4 is 15.9 Å². The summed E-state index contributed by atoms with van der Waals surface area (Å²) in [4.78, 5) is 0. The molecule has 0 bridgehead atoms. The molecule has 0 saturated heterocycles. The van der Waals surface area contributed by atoms with Gasteiger partial charge >= 0.3 is 0 Å². The Hall–Kier alpha value is -1.26. The van der Waals surface area contributed by atoms with Gasteiger partial charge in [0.05, 0.1) is 6.04 Å². The van der Waals surface area contributed by atoms with Gasteiger partial charge in [-0.05, 0) is 48.2 Å². The Bertz CT molecular complexity index is 603. The summed E-state index contributed by atoms with van der Waals surface area (Å²) >= 11 is 3.49. The van der Waals surface area contributed by atoms with Crippen LogP contribution < -0.4 is 5.73 Å². The molecule has 0 aliphatic rings. The van der Waals surface area contributed by atoms with Crippen LogP contribution in [0.5, 0.6) is 0 Å². The lowest BCUT2D eigenvalue weighted by molar-refractivity contribution is 0.506. The average Bonchev–Trinajstić information content (AvgIpc) is 2.37. The van der Waals surface area contributed by atoms with Crippen LogP contribution in [0.15, 0.2) is 34.8 Å². The fraction of sp³-hybridized carbons (Fsp3) is 0.200. The van der Waals surface area contributed by atoms with Gasteiger partial charge in [-0.25, -0.2) is 8.78 Å². The van der Waals surface area contributed by atoms with Gasteiger partial charge in [-0.1, -0.05) is 34.1 Å². The quantitative estimate of drug-likeness (QED) is 0.870. The molecule has 0 heterocycles. The van der Waals surface area contributed by atoms with E-state index in [2.05, 4.69) is 15.9 Å². The molecule has 1 unspecified atom stereocenters. The van der Waals surface area contributed by atoms with Crippen LogP contribution >= 0.6 is 15.9 Å². The van der Waals surface area contributed by atoms with E-state index in [-0.39, 0.29) is 0 Å². The molecule has 0 fully saturated rings. The lowest BCUT2D eigenvalue weighted by Gasteiger charge is -2.15. The van der Waals surface area contributed by atoms with Crippen molar-refractivity contribution < 1.29 is 8.78 Å². The first kappa shape index (κ1) is 14.2. The zero-order valence-electron chi connectivity index (χ0n) is 10.7. The summed E-state index contributed by atoms with van der Waals surface area (Å²) in [6.45, 7) is 3.94. The highest BCUT2D eigenvalue weighted by Gasteiger charge is 2.13. The molecule has 0 saturated carbocycles. The maximum absolute atomic E-state index is 13.2. The first-order valence-corrected chi connectivity index (χ1v) is 6.66. The zero-order valence-corrected chi connectivity index (χ0v) is 12.3. The third-order valence-corrected chi connectivity index (χ3v) is 4.37. The number of rotatable bonds is 2. The summed E-state index contributed by atoms with van der Waals surface area (Å²) in [5.74, 6) is -1.74. The third-order valence-electron chi connectivity index (χ3n) is 3.12. The Morgan fingerprint density at radius 2 is 1.53 bits per heavy atom. The minimum atomic E-state index is -0.876. The minimum Gasteiger partial charge on any atom is -0.320 e. The van der Waals surface area contributed by atoms with E-state index in [1.165, 1.54) is 6.07 Å². The van der Waals surface area contributed by atoms with E-state index in [1.54, 1.807) is 0 Å². The Balaban J connectivity index is 2.43. The van der Waals surface area contributed by atoms with Crippen molar-refractivity contribution in [3.63, 3.8) is 0 Å². The molecule has 0 spiro atoms. The first-order valence-electron chi connectivity index (χ1n) is 5.87. The van der Waals surface area contributed by atoms with Gasteiger partial charge in [0.15, 0.2) is 11.6 Å². The second-order valence-electron chi connectivity index (χ2n) is 4.62. The smallest absolute Gasteiger partial charge is 0.159 e. The van der Waals surface area contributed by atoms with Gasteiger partial charge in [0.2, 0.25) is 0 Å². The van der Waals surface area contributed by atoms with Gasteiger partial charge in [-0.2, -0.15) is 0 Å². The molecule has 0 aliphatic carbocycles. The van der Waals surface area contributed by atoms with Crippen molar-refractivity contribution in [3.8, 4) is 0 Å². The van der Waals surface area contributed by atoms with E-state index in [0.717, 1.165) is 33.3 Å². The van der Waals surface area contributed by atoms with E-state index in [4.69, 9.17) is 5.73 Å². The van der Waals surface area contributed by atoms with Crippen LogP contribution in [0.3, 0.4) is 0 Å². The van der Waals surface area contributed by atoms with Crippen molar-refractivity contribution in [2.75, 3.05) is 0 Å². The molecular formula is C15H14BrF2N. The van der Waals surface area contributed by atoms with Crippen LogP contribution in [0.4, 0.5) is 8.78 Å². The van der Waals surface area contributed by atoms with Gasteiger partial charge in [0.25, 0.3) is 0 Å². The molecule has 0 aliphatic heterocycles. The summed E-state index contributed by atoms with van der Waals surface area (Å²) in [6.07, 6.45) is 0. The SMILES string of the molecule is Cc1cc(C(N)c2ccc(F)c(F)c2)cc(C)c1Br. The minimum absolute atomic E-state index is 0.472. The number of benzene rings is 2. The molecule has 4 heteroatoms. The second-order valence-corrected chi connectivity index (χ2v) is 5.41. The van der Waals surface area contributed by atoms with Crippen molar-refractivity contribution in [1.29, 1.82) is 0 Å². The third kappa shape index (κ3) is 2.85. The van der Waals surface area contributed by atoms with Crippen LogP contribution in [-0.2, 0) is 0 Å². The highest BCUT2D eigenvalue weighted by Crippen LogP contribution is 2.28. The highest BCUT2D eigenvalue weighted by molar-refractivity contribution is 9.10. The van der Waals surface area contributed by atoms with Crippen LogP contribution in [0.2, 0.25) is 0 Å². The Labute approximate surface area is 119 Å². The van der Waals surface area contributed by atoms with Gasteiger partial charge in [-0.3, -0.25) is 0 Å². The molecular weight excluding hydrogens is 312 g/mol. The molecule has 2 rings (SSSR count). The van der Waals surface area contributed by atoms with Gasteiger partial charge in [-0.15, -0.1) is 0 Å². The van der Waals surface area contributed by atoms with Gasteiger partial charge in [0, 0.05) is 4.47 Å². The molecule has 2 aromatic rings. The summed E-state index contributed by atoms with van der Waals surface area (Å²) in [7, 11) is 0. The Morgan fingerprint density at radius 3 is 2.05 bits per heavy atom. The largest absolute Gasteiger partial charge is 0.320 e. The predicted molar refractivity (Wildman–Crippen MR) is 76.0 cm³/mol. The molecule has 100 valence electrons. The number of halogens is 3. The summed E-state index contributed by atoms with van der Waals surface area (Å²) in [6, 6.07) is 7.18. The molecule has 2 N–H and O–H groups in total. The number of aryl methyl sites for hydroxylation is 2. The van der Waals surface area contributed by atoms with E-state index >= 15 is 0 Å². The van der Waals surface area contributed by atoms with Crippen molar-refractivity contribution in [2.45, 2.75) is 19.9 Å². The predicted octanol–water partition coefficient (Wildman–Crippen LogP) is 4.39. The van der Waals surface area contributed by atoms with Crippen molar-refractivity contribution in [1.82, 2.24) is 0 Å². The van der Waals surface area contributed by atoms with Crippen LogP contribution in [0.1, 0.15) is 28.3 Å². The maximum Gasteiger partial charge on any atom is 0.159 e. The van der Waals surface area contributed by atoms with Crippen LogP contribution in [-0.4, -0.2) is 0 Å². The first-order chi connectivity index (χ1) is 8.90. The van der Waals surface area contributed by atoms with E-state index in [9.17, 15) is 8.78 Å². The van der Waals surface area contributed by atoms with Crippen molar-refractivity contribution in [3.05, 3.63) is 68.7 Å². The fourth-order valence-corrected chi connectivity index (χ4v) is 2.29. The lowest BCUT2D eigenvalue weighted by atomic mass is 9.96. The molecule has 19 heavy (non-hydrogen) atoms. The molecule has 0 radical (unpaired) electrons. The number of hydrogen-bond acceptors (Lipinski definition) is 1. The average molecular weight is 326 g/mol. The number of hydrogen-bond donors (Lipinski definition) is 1. The summed E-state index contributed by atoms with van der Waals surface area (Å²) in [5, 5.41) is 0. The Kier molecular flexibility index (Phi) is 4.02. The van der Waals surface area contributed by atoms with E-state index in [0.29, 0.717) is 5.56 Å². The number of nitrogens with two attached hydrogens (primary N) is 1. The zero-order chi connectivity index (χ0) is 14.2. The van der Waals surface area contributed by atoms with Crippen LogP contribution in [0.25, 0.3) is 0 Å². The molecule has 0 aromatic heterocycles.